The summed E-state index contributed by atoms with van der Waals surface area (Å²) in [6.07, 6.45) is 3.54. The quantitative estimate of drug-likeness (QED) is 0.324. The van der Waals surface area contributed by atoms with Crippen molar-refractivity contribution in [3.63, 3.8) is 0 Å². The van der Waals surface area contributed by atoms with Crippen LogP contribution in [0.3, 0.4) is 0 Å². The molecule has 21 heavy (non-hydrogen) atoms. The molecule has 0 radical (unpaired) electrons. The van der Waals surface area contributed by atoms with E-state index in [1.54, 1.807) is 0 Å². The smallest absolute Gasteiger partial charge is 0.228 e. The zero-order valence-electron chi connectivity index (χ0n) is 15.5. The van der Waals surface area contributed by atoms with E-state index in [2.05, 4.69) is 13.8 Å². The largest absolute Gasteiger partial charge is 0.233 e. The van der Waals surface area contributed by atoms with Crippen LogP contribution < -0.4 is 0 Å². The minimum atomic E-state index is -0.852. The molecule has 4 nitrogen and oxygen atoms in total. The summed E-state index contributed by atoms with van der Waals surface area (Å²) in [5.41, 5.74) is -0.771. The first-order valence-electron chi connectivity index (χ1n) is 8.13. The van der Waals surface area contributed by atoms with Crippen molar-refractivity contribution >= 4 is 0 Å². The van der Waals surface area contributed by atoms with Crippen LogP contribution in [-0.4, -0.2) is 17.0 Å². The Morgan fingerprint density at radius 1 is 0.762 bits per heavy atom. The van der Waals surface area contributed by atoms with E-state index in [4.69, 9.17) is 19.6 Å². The Morgan fingerprint density at radius 3 is 1.48 bits per heavy atom. The van der Waals surface area contributed by atoms with Crippen LogP contribution in [0.5, 0.6) is 0 Å². The van der Waals surface area contributed by atoms with Gasteiger partial charge in [-0.1, -0.05) is 27.2 Å². The molecule has 0 atom stereocenters. The molecule has 0 aliphatic carbocycles. The lowest BCUT2D eigenvalue weighted by Gasteiger charge is -2.34. The van der Waals surface area contributed by atoms with E-state index in [0.717, 1.165) is 19.3 Å². The number of rotatable bonds is 9. The van der Waals surface area contributed by atoms with Gasteiger partial charge in [0.1, 0.15) is 0 Å². The van der Waals surface area contributed by atoms with Crippen molar-refractivity contribution in [1.29, 1.82) is 0 Å². The molecule has 0 unspecified atom stereocenters. The minimum Gasteiger partial charge on any atom is -0.228 e. The third kappa shape index (κ3) is 11.1. The van der Waals surface area contributed by atoms with Gasteiger partial charge < -0.3 is 0 Å². The summed E-state index contributed by atoms with van der Waals surface area (Å²) in [4.78, 5) is 22.4. The molecule has 0 spiro atoms. The van der Waals surface area contributed by atoms with Crippen molar-refractivity contribution in [1.82, 2.24) is 0 Å². The molecule has 0 aromatic heterocycles. The first-order valence-corrected chi connectivity index (χ1v) is 8.13. The fraction of sp³-hybridized carbons (Fsp3) is 1.00. The van der Waals surface area contributed by atoms with E-state index in [1.165, 1.54) is 0 Å². The summed E-state index contributed by atoms with van der Waals surface area (Å²) in [7, 11) is 0. The van der Waals surface area contributed by atoms with Gasteiger partial charge in [0.2, 0.25) is 5.79 Å². The van der Waals surface area contributed by atoms with Crippen LogP contribution in [0.15, 0.2) is 0 Å². The molecule has 0 aliphatic heterocycles. The summed E-state index contributed by atoms with van der Waals surface area (Å²) < 4.78 is 0. The summed E-state index contributed by atoms with van der Waals surface area (Å²) in [5.74, 6) is -0.193. The highest BCUT2D eigenvalue weighted by Crippen LogP contribution is 2.30. The van der Waals surface area contributed by atoms with Gasteiger partial charge >= 0.3 is 0 Å². The van der Waals surface area contributed by atoms with Gasteiger partial charge in [-0.25, -0.2) is 9.78 Å². The molecular weight excluding hydrogens is 268 g/mol. The third-order valence-corrected chi connectivity index (χ3v) is 2.76. The second kappa shape index (κ2) is 8.47. The highest BCUT2D eigenvalue weighted by Gasteiger charge is 2.36. The Bertz CT molecular complexity index is 255. The SMILES string of the molecule is CCC(CCCC(C)C)(OOC(C)(C)C)OOC(C)(C)C. The fourth-order valence-electron chi connectivity index (χ4n) is 1.57. The molecule has 0 N–H and O–H groups in total. The van der Waals surface area contributed by atoms with Crippen molar-refractivity contribution in [2.24, 2.45) is 5.92 Å². The molecule has 4 heteroatoms. The molecule has 0 amide bonds. The maximum Gasteiger partial charge on any atom is 0.233 e. The fourth-order valence-corrected chi connectivity index (χ4v) is 1.57. The summed E-state index contributed by atoms with van der Waals surface area (Å²) >= 11 is 0. The second-order valence-electron chi connectivity index (χ2n) is 8.11. The van der Waals surface area contributed by atoms with E-state index in [-0.39, 0.29) is 11.2 Å². The molecule has 0 aromatic rings. The van der Waals surface area contributed by atoms with Crippen molar-refractivity contribution in [3.05, 3.63) is 0 Å². The molecule has 0 fully saturated rings. The summed E-state index contributed by atoms with van der Waals surface area (Å²) in [5, 5.41) is 0. The molecule has 0 saturated carbocycles. The van der Waals surface area contributed by atoms with Crippen molar-refractivity contribution < 1.29 is 19.6 Å². The van der Waals surface area contributed by atoms with Crippen molar-refractivity contribution in [2.45, 2.75) is 105 Å². The predicted molar refractivity (Wildman–Crippen MR) is 85.6 cm³/mol. The monoisotopic (exact) mass is 304 g/mol. The first kappa shape index (κ1) is 20.8. The summed E-state index contributed by atoms with van der Waals surface area (Å²) in [6, 6.07) is 0. The maximum absolute atomic E-state index is 5.67. The number of hydrogen-bond acceptors (Lipinski definition) is 4. The highest BCUT2D eigenvalue weighted by atomic mass is 17.3. The zero-order valence-corrected chi connectivity index (χ0v) is 15.5. The van der Waals surface area contributed by atoms with Crippen LogP contribution in [0.4, 0.5) is 0 Å². The molecule has 0 saturated heterocycles. The van der Waals surface area contributed by atoms with Gasteiger partial charge in [-0.05, 0) is 53.9 Å². The zero-order chi connectivity index (χ0) is 16.7. The normalized spacial score (nSPS) is 14.0. The van der Waals surface area contributed by atoms with Gasteiger partial charge in [0.15, 0.2) is 0 Å². The Kier molecular flexibility index (Phi) is 8.40. The molecule has 0 rings (SSSR count). The molecule has 0 heterocycles. The van der Waals surface area contributed by atoms with Crippen LogP contribution in [0, 0.1) is 5.92 Å². The van der Waals surface area contributed by atoms with Crippen LogP contribution >= 0.6 is 0 Å². The topological polar surface area (TPSA) is 36.9 Å². The van der Waals surface area contributed by atoms with Crippen LogP contribution in [0.2, 0.25) is 0 Å². The van der Waals surface area contributed by atoms with E-state index in [1.807, 2.05) is 48.5 Å². The maximum atomic E-state index is 5.67. The first-order chi connectivity index (χ1) is 9.39. The van der Waals surface area contributed by atoms with Gasteiger partial charge in [-0.2, -0.15) is 9.78 Å². The van der Waals surface area contributed by atoms with Gasteiger partial charge in [0.25, 0.3) is 0 Å². The van der Waals surface area contributed by atoms with E-state index < -0.39 is 5.79 Å². The average molecular weight is 304 g/mol. The second-order valence-corrected chi connectivity index (χ2v) is 8.11. The van der Waals surface area contributed by atoms with Gasteiger partial charge in [-0.15, -0.1) is 0 Å². The van der Waals surface area contributed by atoms with Crippen molar-refractivity contribution in [3.8, 4) is 0 Å². The Morgan fingerprint density at radius 2 is 1.19 bits per heavy atom. The molecule has 0 bridgehead atoms. The molecule has 128 valence electrons. The Hall–Kier alpha value is -0.160. The predicted octanol–water partition coefficient (Wildman–Crippen LogP) is 5.41. The number of hydrogen-bond donors (Lipinski definition) is 0. The van der Waals surface area contributed by atoms with Crippen LogP contribution in [-0.2, 0) is 19.6 Å². The summed E-state index contributed by atoms with van der Waals surface area (Å²) in [6.45, 7) is 18.2. The lowest BCUT2D eigenvalue weighted by molar-refractivity contribution is -0.543. The van der Waals surface area contributed by atoms with E-state index >= 15 is 0 Å². The standard InChI is InChI=1S/C17H36O4/c1-10-17(13-11-12-14(2)3,20-18-15(4,5)6)21-19-16(7,8)9/h14H,10-13H2,1-9H3. The molecule has 0 aliphatic rings. The Balaban J connectivity index is 4.74. The van der Waals surface area contributed by atoms with Crippen molar-refractivity contribution in [2.75, 3.05) is 0 Å². The lowest BCUT2D eigenvalue weighted by atomic mass is 10.0. The Labute approximate surface area is 131 Å². The van der Waals surface area contributed by atoms with Gasteiger partial charge in [0.05, 0.1) is 11.2 Å². The van der Waals surface area contributed by atoms with E-state index in [9.17, 15) is 0 Å². The van der Waals surface area contributed by atoms with Crippen LogP contribution in [0.25, 0.3) is 0 Å². The van der Waals surface area contributed by atoms with Gasteiger partial charge in [-0.3, -0.25) is 0 Å². The van der Waals surface area contributed by atoms with Crippen LogP contribution in [0.1, 0.15) is 88.0 Å². The lowest BCUT2D eigenvalue weighted by Crippen LogP contribution is -2.40. The van der Waals surface area contributed by atoms with Gasteiger partial charge in [0, 0.05) is 12.8 Å². The van der Waals surface area contributed by atoms with E-state index in [0.29, 0.717) is 12.3 Å². The highest BCUT2D eigenvalue weighted by molar-refractivity contribution is 4.68. The molecular formula is C17H36O4. The molecule has 0 aromatic carbocycles. The average Bonchev–Trinajstić information content (AvgIpc) is 2.30. The minimum absolute atomic E-state index is 0.385. The third-order valence-electron chi connectivity index (χ3n) is 2.76.